The van der Waals surface area contributed by atoms with Crippen molar-refractivity contribution >= 4 is 14.0 Å². The Balaban J connectivity index is 2.23. The molecule has 0 saturated carbocycles. The summed E-state index contributed by atoms with van der Waals surface area (Å²) in [4.78, 5) is 18.5. The minimum Gasteiger partial charge on any atom is -0.343 e. The largest absolute Gasteiger partial charge is 0.343 e. The molecule has 8 heteroatoms. The molecular weight excluding hydrogens is 284 g/mol. The van der Waals surface area contributed by atoms with Gasteiger partial charge in [0.1, 0.15) is 5.69 Å². The first-order valence-corrected chi connectivity index (χ1v) is 10.4. The molecule has 0 saturated heterocycles. The van der Waals surface area contributed by atoms with Crippen LogP contribution in [-0.2, 0) is 0 Å². The van der Waals surface area contributed by atoms with Crippen LogP contribution in [0.3, 0.4) is 0 Å². The Kier molecular flexibility index (Phi) is 4.17. The van der Waals surface area contributed by atoms with E-state index < -0.39 is 8.07 Å². The average Bonchev–Trinajstić information content (AvgIpc) is 2.89. The van der Waals surface area contributed by atoms with Gasteiger partial charge in [-0.15, -0.1) is 10.2 Å². The molecule has 0 fully saturated rings. The van der Waals surface area contributed by atoms with Crippen LogP contribution in [0.5, 0.6) is 0 Å². The number of hydrogen-bond acceptors (Lipinski definition) is 5. The van der Waals surface area contributed by atoms with Crippen molar-refractivity contribution in [2.24, 2.45) is 0 Å². The number of nitrogens with one attached hydrogen (secondary N) is 1. The molecule has 0 atom stereocenters. The van der Waals surface area contributed by atoms with Crippen molar-refractivity contribution in [1.29, 1.82) is 0 Å². The summed E-state index contributed by atoms with van der Waals surface area (Å²) < 4.78 is 0. The van der Waals surface area contributed by atoms with Crippen molar-refractivity contribution in [3.63, 3.8) is 0 Å². The zero-order chi connectivity index (χ0) is 15.6. The number of aryl methyl sites for hydroxylation is 1. The van der Waals surface area contributed by atoms with Crippen molar-refractivity contribution in [3.05, 3.63) is 23.5 Å². The number of aromatic amines is 1. The first kappa shape index (κ1) is 15.3. The topological polar surface area (TPSA) is 87.7 Å². The molecule has 0 aliphatic heterocycles. The van der Waals surface area contributed by atoms with Crippen molar-refractivity contribution < 1.29 is 4.79 Å². The van der Waals surface area contributed by atoms with Crippen molar-refractivity contribution in [2.45, 2.75) is 26.6 Å². The lowest BCUT2D eigenvalue weighted by Gasteiger charge is -2.25. The number of nitrogens with zero attached hydrogens (tertiary/aromatic N) is 5. The lowest BCUT2D eigenvalue weighted by Crippen LogP contribution is -2.41. The van der Waals surface area contributed by atoms with E-state index in [1.54, 1.807) is 11.1 Å². The third kappa shape index (κ3) is 3.72. The molecule has 2 aromatic rings. The van der Waals surface area contributed by atoms with Gasteiger partial charge in [-0.1, -0.05) is 19.6 Å². The van der Waals surface area contributed by atoms with Gasteiger partial charge in [-0.2, -0.15) is 5.21 Å². The Morgan fingerprint density at radius 1 is 1.38 bits per heavy atom. The molecule has 0 aliphatic carbocycles. The van der Waals surface area contributed by atoms with Crippen molar-refractivity contribution in [1.82, 2.24) is 30.5 Å². The highest BCUT2D eigenvalue weighted by atomic mass is 28.3. The predicted molar refractivity (Wildman–Crippen MR) is 82.5 cm³/mol. The maximum atomic E-state index is 12.5. The minimum atomic E-state index is -1.34. The van der Waals surface area contributed by atoms with Crippen LogP contribution in [0.2, 0.25) is 19.6 Å². The molecule has 2 rings (SSSR count). The molecule has 0 aromatic carbocycles. The van der Waals surface area contributed by atoms with E-state index in [4.69, 9.17) is 0 Å². The third-order valence-electron chi connectivity index (χ3n) is 2.94. The lowest BCUT2D eigenvalue weighted by molar-refractivity contribution is 0.0809. The van der Waals surface area contributed by atoms with Gasteiger partial charge in [-0.25, -0.2) is 0 Å². The number of H-pyrrole nitrogens is 1. The quantitative estimate of drug-likeness (QED) is 0.865. The Hall–Kier alpha value is -2.09. The van der Waals surface area contributed by atoms with Gasteiger partial charge in [-0.3, -0.25) is 9.78 Å². The summed E-state index contributed by atoms with van der Waals surface area (Å²) in [6.45, 7) is 8.56. The minimum absolute atomic E-state index is 0.0467. The zero-order valence-corrected chi connectivity index (χ0v) is 14.0. The summed E-state index contributed by atoms with van der Waals surface area (Å²) in [5.41, 5.74) is 2.03. The van der Waals surface area contributed by atoms with Gasteiger partial charge >= 0.3 is 0 Å². The molecule has 7 nitrogen and oxygen atoms in total. The second-order valence-electron chi connectivity index (χ2n) is 6.35. The molecule has 0 aliphatic rings. The van der Waals surface area contributed by atoms with Crippen LogP contribution in [0.15, 0.2) is 12.3 Å². The van der Waals surface area contributed by atoms with Gasteiger partial charge in [0, 0.05) is 25.0 Å². The van der Waals surface area contributed by atoms with Gasteiger partial charge in [0.2, 0.25) is 5.82 Å². The smallest absolute Gasteiger partial charge is 0.272 e. The maximum absolute atomic E-state index is 12.5. The van der Waals surface area contributed by atoms with Crippen LogP contribution in [-0.4, -0.2) is 57.7 Å². The number of hydrogen-bond donors (Lipinski definition) is 1. The molecule has 21 heavy (non-hydrogen) atoms. The highest BCUT2D eigenvalue weighted by molar-refractivity contribution is 6.76. The van der Waals surface area contributed by atoms with Gasteiger partial charge in [-0.05, 0) is 23.8 Å². The summed E-state index contributed by atoms with van der Waals surface area (Å²) in [5.74, 6) is 0.426. The molecule has 112 valence electrons. The summed E-state index contributed by atoms with van der Waals surface area (Å²) in [6, 6.07) is 1.85. The fraction of sp³-hybridized carbons (Fsp3) is 0.462. The first-order chi connectivity index (χ1) is 9.78. The molecule has 0 unspecified atom stereocenters. The maximum Gasteiger partial charge on any atom is 0.272 e. The summed E-state index contributed by atoms with van der Waals surface area (Å²) >= 11 is 0. The molecule has 2 heterocycles. The molecule has 0 radical (unpaired) electrons. The molecule has 1 amide bonds. The van der Waals surface area contributed by atoms with Crippen molar-refractivity contribution in [3.8, 4) is 11.4 Å². The molecular formula is C13H20N6OSi. The predicted octanol–water partition coefficient (Wildman–Crippen LogP) is 1.52. The fourth-order valence-corrected chi connectivity index (χ4v) is 3.74. The monoisotopic (exact) mass is 304 g/mol. The standard InChI is InChI=1S/C13H20N6OSi/c1-9-6-10(12-15-17-18-16-12)7-14-11(9)13(20)19(2)8-21(3,4)5/h6-7H,8H2,1-5H3,(H,15,16,17,18). The normalized spacial score (nSPS) is 11.5. The van der Waals surface area contributed by atoms with Gasteiger partial charge < -0.3 is 4.90 Å². The zero-order valence-electron chi connectivity index (χ0n) is 13.0. The summed E-state index contributed by atoms with van der Waals surface area (Å²) in [6.07, 6.45) is 2.41. The second kappa shape index (κ2) is 5.72. The number of amides is 1. The van der Waals surface area contributed by atoms with E-state index in [1.807, 2.05) is 20.0 Å². The van der Waals surface area contributed by atoms with Crippen molar-refractivity contribution in [2.75, 3.05) is 13.2 Å². The number of carbonyl (C=O) groups excluding carboxylic acids is 1. The SMILES string of the molecule is Cc1cc(-c2nn[nH]n2)cnc1C(=O)N(C)C[Si](C)(C)C. The van der Waals surface area contributed by atoms with Crippen LogP contribution in [0, 0.1) is 6.92 Å². The molecule has 0 spiro atoms. The second-order valence-corrected chi connectivity index (χ2v) is 11.8. The number of tetrazole rings is 1. The van der Waals surface area contributed by atoms with Crippen LogP contribution in [0.4, 0.5) is 0 Å². The fourth-order valence-electron chi connectivity index (χ4n) is 2.17. The van der Waals surface area contributed by atoms with Crippen LogP contribution < -0.4 is 0 Å². The van der Waals surface area contributed by atoms with E-state index in [-0.39, 0.29) is 5.91 Å². The van der Waals surface area contributed by atoms with E-state index in [1.165, 1.54) is 0 Å². The molecule has 0 bridgehead atoms. The van der Waals surface area contributed by atoms with Gasteiger partial charge in [0.25, 0.3) is 5.91 Å². The van der Waals surface area contributed by atoms with E-state index in [2.05, 4.69) is 45.2 Å². The number of aromatic nitrogens is 5. The Labute approximate surface area is 124 Å². The highest BCUT2D eigenvalue weighted by Gasteiger charge is 2.22. The number of rotatable bonds is 4. The summed E-state index contributed by atoms with van der Waals surface area (Å²) in [5, 5.41) is 13.7. The number of carbonyl (C=O) groups is 1. The molecule has 1 N–H and O–H groups in total. The number of pyridine rings is 1. The van der Waals surface area contributed by atoms with E-state index in [0.29, 0.717) is 11.5 Å². The van der Waals surface area contributed by atoms with E-state index in [0.717, 1.165) is 17.3 Å². The third-order valence-corrected chi connectivity index (χ3v) is 4.37. The van der Waals surface area contributed by atoms with E-state index in [9.17, 15) is 4.79 Å². The highest BCUT2D eigenvalue weighted by Crippen LogP contribution is 2.17. The molecule has 2 aromatic heterocycles. The Morgan fingerprint density at radius 2 is 2.10 bits per heavy atom. The average molecular weight is 304 g/mol. The lowest BCUT2D eigenvalue weighted by atomic mass is 10.1. The van der Waals surface area contributed by atoms with Gasteiger partial charge in [0.05, 0.1) is 8.07 Å². The van der Waals surface area contributed by atoms with Gasteiger partial charge in [0.15, 0.2) is 0 Å². The van der Waals surface area contributed by atoms with Crippen LogP contribution in [0.25, 0.3) is 11.4 Å². The van der Waals surface area contributed by atoms with Crippen LogP contribution in [0.1, 0.15) is 16.1 Å². The Bertz CT molecular complexity index is 635. The summed E-state index contributed by atoms with van der Waals surface area (Å²) in [7, 11) is 0.485. The van der Waals surface area contributed by atoms with Crippen LogP contribution >= 0.6 is 0 Å². The Morgan fingerprint density at radius 3 is 2.62 bits per heavy atom. The first-order valence-electron chi connectivity index (χ1n) is 6.74. The van der Waals surface area contributed by atoms with E-state index >= 15 is 0 Å².